The lowest BCUT2D eigenvalue weighted by atomic mass is 9.73. The molecule has 2 aromatic rings. The van der Waals surface area contributed by atoms with Crippen LogP contribution in [0, 0.1) is 5.92 Å². The van der Waals surface area contributed by atoms with Crippen LogP contribution in [-0.2, 0) is 17.6 Å². The van der Waals surface area contributed by atoms with Crippen molar-refractivity contribution in [3.05, 3.63) is 47.0 Å². The third-order valence-corrected chi connectivity index (χ3v) is 4.90. The zero-order chi connectivity index (χ0) is 15.8. The van der Waals surface area contributed by atoms with E-state index in [0.717, 1.165) is 12.0 Å². The second-order valence-corrected chi connectivity index (χ2v) is 6.80. The van der Waals surface area contributed by atoms with E-state index in [4.69, 9.17) is 16.3 Å². The number of aliphatic hydroxyl groups is 1. The molecule has 0 saturated carbocycles. The van der Waals surface area contributed by atoms with Crippen LogP contribution in [0.4, 0.5) is 0 Å². The van der Waals surface area contributed by atoms with Crippen molar-refractivity contribution in [2.24, 2.45) is 5.92 Å². The van der Waals surface area contributed by atoms with Crippen LogP contribution in [0.25, 0.3) is 0 Å². The molecule has 3 rings (SSSR count). The van der Waals surface area contributed by atoms with Gasteiger partial charge < -0.3 is 9.84 Å². The van der Waals surface area contributed by atoms with Gasteiger partial charge in [0.25, 0.3) is 0 Å². The lowest BCUT2D eigenvalue weighted by Crippen LogP contribution is -2.53. The number of halogens is 1. The van der Waals surface area contributed by atoms with Gasteiger partial charge in [0, 0.05) is 17.4 Å². The van der Waals surface area contributed by atoms with E-state index in [1.807, 2.05) is 38.1 Å². The lowest BCUT2D eigenvalue weighted by Gasteiger charge is -2.38. The highest BCUT2D eigenvalue weighted by molar-refractivity contribution is 6.30. The van der Waals surface area contributed by atoms with Gasteiger partial charge in [0.05, 0.1) is 12.2 Å². The Labute approximate surface area is 134 Å². The number of H-pyrrole nitrogens is 1. The quantitative estimate of drug-likeness (QED) is 0.907. The van der Waals surface area contributed by atoms with E-state index in [0.29, 0.717) is 23.9 Å². The van der Waals surface area contributed by atoms with E-state index in [9.17, 15) is 5.11 Å². The Kier molecular flexibility index (Phi) is 3.97. The second-order valence-electron chi connectivity index (χ2n) is 6.37. The number of aromatic nitrogens is 3. The number of nitrogens with one attached hydrogen (secondary N) is 1. The molecular formula is C16H20ClN3O2. The highest BCUT2D eigenvalue weighted by atomic mass is 35.5. The molecular weight excluding hydrogens is 302 g/mol. The first-order chi connectivity index (χ1) is 10.4. The molecule has 1 saturated heterocycles. The third kappa shape index (κ3) is 2.76. The fraction of sp³-hybridized carbons (Fsp3) is 0.500. The van der Waals surface area contributed by atoms with Gasteiger partial charge in [0.1, 0.15) is 11.9 Å². The molecule has 2 N–H and O–H groups in total. The Morgan fingerprint density at radius 2 is 2.09 bits per heavy atom. The van der Waals surface area contributed by atoms with Crippen molar-refractivity contribution in [1.29, 1.82) is 0 Å². The van der Waals surface area contributed by atoms with E-state index in [1.165, 1.54) is 6.33 Å². The molecule has 1 aromatic heterocycles. The summed E-state index contributed by atoms with van der Waals surface area (Å²) >= 11 is 5.93. The Bertz CT molecular complexity index is 627. The van der Waals surface area contributed by atoms with Crippen LogP contribution < -0.4 is 0 Å². The smallest absolute Gasteiger partial charge is 0.153 e. The van der Waals surface area contributed by atoms with Crippen LogP contribution in [0.3, 0.4) is 0 Å². The summed E-state index contributed by atoms with van der Waals surface area (Å²) in [5.41, 5.74) is -0.538. The molecule has 6 heteroatoms. The van der Waals surface area contributed by atoms with Crippen LogP contribution in [0.2, 0.25) is 5.02 Å². The van der Waals surface area contributed by atoms with Gasteiger partial charge in [-0.15, -0.1) is 0 Å². The third-order valence-electron chi connectivity index (χ3n) is 4.65. The van der Waals surface area contributed by atoms with Crippen molar-refractivity contribution in [3.8, 4) is 0 Å². The Morgan fingerprint density at radius 3 is 2.73 bits per heavy atom. The van der Waals surface area contributed by atoms with Crippen molar-refractivity contribution in [1.82, 2.24) is 15.2 Å². The molecule has 0 bridgehead atoms. The number of ether oxygens (including phenoxy) is 1. The molecule has 5 nitrogen and oxygen atoms in total. The van der Waals surface area contributed by atoms with Crippen molar-refractivity contribution in [2.45, 2.75) is 37.9 Å². The molecule has 118 valence electrons. The van der Waals surface area contributed by atoms with Crippen molar-refractivity contribution >= 4 is 11.6 Å². The normalized spacial score (nSPS) is 27.2. The van der Waals surface area contributed by atoms with Crippen LogP contribution in [0.15, 0.2) is 30.6 Å². The first-order valence-corrected chi connectivity index (χ1v) is 7.74. The van der Waals surface area contributed by atoms with E-state index in [-0.39, 0.29) is 5.92 Å². The van der Waals surface area contributed by atoms with Crippen molar-refractivity contribution in [3.63, 3.8) is 0 Å². The average Bonchev–Trinajstić information content (AvgIpc) is 3.04. The minimum Gasteiger partial charge on any atom is -0.386 e. The van der Waals surface area contributed by atoms with Crippen LogP contribution in [-0.4, -0.2) is 38.1 Å². The van der Waals surface area contributed by atoms with Gasteiger partial charge in [-0.3, -0.25) is 5.10 Å². The number of hydrogen-bond donors (Lipinski definition) is 2. The first-order valence-electron chi connectivity index (χ1n) is 7.36. The summed E-state index contributed by atoms with van der Waals surface area (Å²) in [4.78, 5) is 4.14. The van der Waals surface area contributed by atoms with Gasteiger partial charge in [-0.05, 0) is 38.0 Å². The molecule has 2 heterocycles. The monoisotopic (exact) mass is 321 g/mol. The number of hydrogen-bond acceptors (Lipinski definition) is 4. The summed E-state index contributed by atoms with van der Waals surface area (Å²) in [7, 11) is 0. The largest absolute Gasteiger partial charge is 0.386 e. The maximum absolute atomic E-state index is 11.3. The molecule has 2 unspecified atom stereocenters. The Balaban J connectivity index is 1.84. The molecule has 0 aliphatic carbocycles. The Hall–Kier alpha value is -1.43. The fourth-order valence-electron chi connectivity index (χ4n) is 3.12. The van der Waals surface area contributed by atoms with Gasteiger partial charge in [-0.25, -0.2) is 4.98 Å². The molecule has 2 atom stereocenters. The van der Waals surface area contributed by atoms with Crippen molar-refractivity contribution in [2.75, 3.05) is 6.61 Å². The molecule has 0 radical (unpaired) electrons. The van der Waals surface area contributed by atoms with E-state index in [1.54, 1.807) is 0 Å². The number of aromatic amines is 1. The summed E-state index contributed by atoms with van der Waals surface area (Å²) in [5.74, 6) is 0.573. The van der Waals surface area contributed by atoms with Gasteiger partial charge in [-0.2, -0.15) is 5.10 Å². The maximum atomic E-state index is 11.3. The summed E-state index contributed by atoms with van der Waals surface area (Å²) in [6.07, 6.45) is 2.61. The first kappa shape index (κ1) is 15.5. The SMILES string of the molecule is CC1(C)OCC(Cc2ccc(Cl)cc2)C1(O)Cc1nc[nH]n1. The Morgan fingerprint density at radius 1 is 1.36 bits per heavy atom. The molecule has 0 amide bonds. The molecule has 1 fully saturated rings. The molecule has 1 aliphatic heterocycles. The summed E-state index contributed by atoms with van der Waals surface area (Å²) < 4.78 is 5.87. The molecule has 22 heavy (non-hydrogen) atoms. The highest BCUT2D eigenvalue weighted by Crippen LogP contribution is 2.43. The van der Waals surface area contributed by atoms with Crippen molar-refractivity contribution < 1.29 is 9.84 Å². The zero-order valence-electron chi connectivity index (χ0n) is 12.7. The van der Waals surface area contributed by atoms with Gasteiger partial charge >= 0.3 is 0 Å². The predicted molar refractivity (Wildman–Crippen MR) is 83.7 cm³/mol. The minimum absolute atomic E-state index is 0.0258. The summed E-state index contributed by atoms with van der Waals surface area (Å²) in [6, 6.07) is 7.71. The van der Waals surface area contributed by atoms with Gasteiger partial charge in [0.15, 0.2) is 5.82 Å². The molecule has 0 spiro atoms. The highest BCUT2D eigenvalue weighted by Gasteiger charge is 2.55. The second kappa shape index (κ2) is 5.65. The number of rotatable bonds is 4. The maximum Gasteiger partial charge on any atom is 0.153 e. The lowest BCUT2D eigenvalue weighted by molar-refractivity contribution is -0.108. The summed E-state index contributed by atoms with van der Waals surface area (Å²) in [5, 5.41) is 18.8. The molecule has 1 aromatic carbocycles. The molecule has 1 aliphatic rings. The summed E-state index contributed by atoms with van der Waals surface area (Å²) in [6.45, 7) is 4.35. The van der Waals surface area contributed by atoms with Gasteiger partial charge in [-0.1, -0.05) is 23.7 Å². The topological polar surface area (TPSA) is 71.0 Å². The number of nitrogens with zero attached hydrogens (tertiary/aromatic N) is 2. The van der Waals surface area contributed by atoms with Crippen LogP contribution >= 0.6 is 11.6 Å². The average molecular weight is 322 g/mol. The van der Waals surface area contributed by atoms with Crippen LogP contribution in [0.1, 0.15) is 25.2 Å². The van der Waals surface area contributed by atoms with Gasteiger partial charge in [0.2, 0.25) is 0 Å². The fourth-order valence-corrected chi connectivity index (χ4v) is 3.24. The van der Waals surface area contributed by atoms with E-state index in [2.05, 4.69) is 15.2 Å². The zero-order valence-corrected chi connectivity index (χ0v) is 13.5. The van der Waals surface area contributed by atoms with E-state index < -0.39 is 11.2 Å². The predicted octanol–water partition coefficient (Wildman–Crippen LogP) is 2.40. The van der Waals surface area contributed by atoms with Crippen LogP contribution in [0.5, 0.6) is 0 Å². The number of benzene rings is 1. The van der Waals surface area contributed by atoms with E-state index >= 15 is 0 Å². The standard InChI is InChI=1S/C16H20ClN3O2/c1-15(2)16(21,8-14-18-10-19-20-14)12(9-22-15)7-11-3-5-13(17)6-4-11/h3-6,10,12,21H,7-9H2,1-2H3,(H,18,19,20). The minimum atomic E-state index is -1.02.